The first-order valence-corrected chi connectivity index (χ1v) is 6.64. The number of carboxylic acid groups (broad SMARTS) is 1. The quantitative estimate of drug-likeness (QED) is 0.829. The van der Waals surface area contributed by atoms with Crippen molar-refractivity contribution in [2.24, 2.45) is 0 Å². The summed E-state index contributed by atoms with van der Waals surface area (Å²) < 4.78 is 5.38. The van der Waals surface area contributed by atoms with Crippen molar-refractivity contribution in [3.8, 4) is 0 Å². The van der Waals surface area contributed by atoms with E-state index in [4.69, 9.17) is 9.84 Å². The van der Waals surface area contributed by atoms with Crippen LogP contribution in [-0.2, 0) is 17.7 Å². The number of fused-ring (bicyclic) bond motifs is 1. The molecule has 0 aromatic carbocycles. The Morgan fingerprint density at radius 3 is 2.89 bits per heavy atom. The van der Waals surface area contributed by atoms with Crippen LogP contribution in [0.15, 0.2) is 6.33 Å². The van der Waals surface area contributed by atoms with E-state index in [2.05, 4.69) is 9.97 Å². The maximum atomic E-state index is 11.0. The van der Waals surface area contributed by atoms with Crippen LogP contribution in [-0.4, -0.2) is 45.8 Å². The minimum absolute atomic E-state index is 0.378. The summed E-state index contributed by atoms with van der Waals surface area (Å²) in [4.78, 5) is 21.1. The third-order valence-electron chi connectivity index (χ3n) is 3.92. The SMILES string of the molecule is O=C(O)N1CCc2c(ncnc2C2CCOCC2)C1. The molecule has 1 saturated heterocycles. The molecule has 1 aromatic rings. The van der Waals surface area contributed by atoms with E-state index in [-0.39, 0.29) is 0 Å². The molecule has 3 rings (SSSR count). The van der Waals surface area contributed by atoms with Gasteiger partial charge in [-0.25, -0.2) is 14.8 Å². The largest absolute Gasteiger partial charge is 0.465 e. The number of nitrogens with zero attached hydrogens (tertiary/aromatic N) is 3. The maximum absolute atomic E-state index is 11.0. The van der Waals surface area contributed by atoms with Gasteiger partial charge in [0.15, 0.2) is 0 Å². The van der Waals surface area contributed by atoms with Crippen LogP contribution >= 0.6 is 0 Å². The monoisotopic (exact) mass is 263 g/mol. The summed E-state index contributed by atoms with van der Waals surface area (Å²) in [5.41, 5.74) is 3.13. The molecule has 0 bridgehead atoms. The number of aromatic nitrogens is 2. The van der Waals surface area contributed by atoms with Crippen molar-refractivity contribution in [1.82, 2.24) is 14.9 Å². The van der Waals surface area contributed by atoms with Crippen molar-refractivity contribution in [2.45, 2.75) is 31.7 Å². The van der Waals surface area contributed by atoms with Gasteiger partial charge < -0.3 is 14.7 Å². The Kier molecular flexibility index (Phi) is 3.33. The van der Waals surface area contributed by atoms with Gasteiger partial charge in [0.05, 0.1) is 17.9 Å². The fraction of sp³-hybridized carbons (Fsp3) is 0.615. The minimum Gasteiger partial charge on any atom is -0.465 e. The highest BCUT2D eigenvalue weighted by atomic mass is 16.5. The summed E-state index contributed by atoms with van der Waals surface area (Å²) in [5.74, 6) is 0.432. The topological polar surface area (TPSA) is 75.5 Å². The normalized spacial score (nSPS) is 20.1. The molecule has 1 N–H and O–H groups in total. The molecule has 6 heteroatoms. The van der Waals surface area contributed by atoms with Gasteiger partial charge in [0.2, 0.25) is 0 Å². The molecule has 6 nitrogen and oxygen atoms in total. The number of amides is 1. The molecule has 3 heterocycles. The van der Waals surface area contributed by atoms with Crippen LogP contribution in [0.3, 0.4) is 0 Å². The van der Waals surface area contributed by atoms with Gasteiger partial charge in [0, 0.05) is 25.7 Å². The number of hydrogen-bond acceptors (Lipinski definition) is 4. The first-order chi connectivity index (χ1) is 9.25. The number of carbonyl (C=O) groups is 1. The highest BCUT2D eigenvalue weighted by molar-refractivity contribution is 5.65. The number of hydrogen-bond donors (Lipinski definition) is 1. The van der Waals surface area contributed by atoms with Crippen molar-refractivity contribution in [2.75, 3.05) is 19.8 Å². The van der Waals surface area contributed by atoms with E-state index in [1.807, 2.05) is 0 Å². The lowest BCUT2D eigenvalue weighted by molar-refractivity contribution is 0.0840. The van der Waals surface area contributed by atoms with Crippen LogP contribution in [0.4, 0.5) is 4.79 Å². The van der Waals surface area contributed by atoms with E-state index in [0.29, 0.717) is 19.0 Å². The smallest absolute Gasteiger partial charge is 0.407 e. The van der Waals surface area contributed by atoms with E-state index in [1.165, 1.54) is 4.90 Å². The van der Waals surface area contributed by atoms with Crippen molar-refractivity contribution in [3.05, 3.63) is 23.3 Å². The Labute approximate surface area is 111 Å². The van der Waals surface area contributed by atoms with Crippen molar-refractivity contribution >= 4 is 6.09 Å². The van der Waals surface area contributed by atoms with E-state index in [0.717, 1.165) is 49.4 Å². The van der Waals surface area contributed by atoms with Crippen LogP contribution in [0.2, 0.25) is 0 Å². The molecular weight excluding hydrogens is 246 g/mol. The summed E-state index contributed by atoms with van der Waals surface area (Å²) in [6, 6.07) is 0. The highest BCUT2D eigenvalue weighted by Crippen LogP contribution is 2.30. The molecule has 19 heavy (non-hydrogen) atoms. The third-order valence-corrected chi connectivity index (χ3v) is 3.92. The van der Waals surface area contributed by atoms with Gasteiger partial charge in [-0.1, -0.05) is 0 Å². The predicted molar refractivity (Wildman–Crippen MR) is 67.0 cm³/mol. The van der Waals surface area contributed by atoms with Crippen LogP contribution in [0.1, 0.15) is 35.7 Å². The zero-order valence-electron chi connectivity index (χ0n) is 10.7. The van der Waals surface area contributed by atoms with E-state index >= 15 is 0 Å². The number of ether oxygens (including phenoxy) is 1. The summed E-state index contributed by atoms with van der Waals surface area (Å²) in [6.07, 6.45) is 3.39. The van der Waals surface area contributed by atoms with Crippen LogP contribution < -0.4 is 0 Å². The average molecular weight is 263 g/mol. The molecule has 1 aromatic heterocycles. The standard InChI is InChI=1S/C13H17N3O3/c17-13(18)16-4-1-10-11(7-16)14-8-15-12(10)9-2-5-19-6-3-9/h8-9H,1-7H2,(H,17,18). The van der Waals surface area contributed by atoms with Gasteiger partial charge in [-0.3, -0.25) is 0 Å². The van der Waals surface area contributed by atoms with Gasteiger partial charge in [-0.15, -0.1) is 0 Å². The van der Waals surface area contributed by atoms with Gasteiger partial charge in [-0.2, -0.15) is 0 Å². The van der Waals surface area contributed by atoms with Crippen LogP contribution in [0.5, 0.6) is 0 Å². The van der Waals surface area contributed by atoms with Crippen molar-refractivity contribution in [3.63, 3.8) is 0 Å². The second-order valence-electron chi connectivity index (χ2n) is 5.02. The molecule has 0 spiro atoms. The molecule has 2 aliphatic rings. The van der Waals surface area contributed by atoms with Gasteiger partial charge in [-0.05, 0) is 24.8 Å². The lowest BCUT2D eigenvalue weighted by Crippen LogP contribution is -2.36. The van der Waals surface area contributed by atoms with Crippen molar-refractivity contribution in [1.29, 1.82) is 0 Å². The molecule has 1 fully saturated rings. The predicted octanol–water partition coefficient (Wildman–Crippen LogP) is 1.41. The van der Waals surface area contributed by atoms with Gasteiger partial charge >= 0.3 is 6.09 Å². The molecule has 0 radical (unpaired) electrons. The summed E-state index contributed by atoms with van der Waals surface area (Å²) >= 11 is 0. The van der Waals surface area contributed by atoms with Crippen LogP contribution in [0.25, 0.3) is 0 Å². The fourth-order valence-electron chi connectivity index (χ4n) is 2.87. The molecule has 0 atom stereocenters. The molecule has 2 aliphatic heterocycles. The first kappa shape index (κ1) is 12.3. The Morgan fingerprint density at radius 1 is 1.37 bits per heavy atom. The first-order valence-electron chi connectivity index (χ1n) is 6.64. The minimum atomic E-state index is -0.878. The molecular formula is C13H17N3O3. The third kappa shape index (κ3) is 2.40. The van der Waals surface area contributed by atoms with Crippen molar-refractivity contribution < 1.29 is 14.6 Å². The zero-order valence-corrected chi connectivity index (χ0v) is 10.7. The second-order valence-corrected chi connectivity index (χ2v) is 5.02. The summed E-state index contributed by atoms with van der Waals surface area (Å²) in [7, 11) is 0. The van der Waals surface area contributed by atoms with Crippen LogP contribution in [0, 0.1) is 0 Å². The molecule has 0 saturated carbocycles. The molecule has 102 valence electrons. The Bertz CT molecular complexity index is 486. The Morgan fingerprint density at radius 2 is 2.16 bits per heavy atom. The summed E-state index contributed by atoms with van der Waals surface area (Å²) in [5, 5.41) is 9.05. The lowest BCUT2D eigenvalue weighted by atomic mass is 9.90. The van der Waals surface area contributed by atoms with E-state index in [9.17, 15) is 4.79 Å². The average Bonchev–Trinajstić information content (AvgIpc) is 2.47. The highest BCUT2D eigenvalue weighted by Gasteiger charge is 2.27. The fourth-order valence-corrected chi connectivity index (χ4v) is 2.87. The molecule has 0 unspecified atom stereocenters. The Balaban J connectivity index is 1.87. The van der Waals surface area contributed by atoms with E-state index in [1.54, 1.807) is 6.33 Å². The maximum Gasteiger partial charge on any atom is 0.407 e. The zero-order chi connectivity index (χ0) is 13.2. The van der Waals surface area contributed by atoms with Gasteiger partial charge in [0.25, 0.3) is 0 Å². The van der Waals surface area contributed by atoms with E-state index < -0.39 is 6.09 Å². The molecule has 0 aliphatic carbocycles. The number of rotatable bonds is 1. The van der Waals surface area contributed by atoms with Gasteiger partial charge in [0.1, 0.15) is 6.33 Å². The second kappa shape index (κ2) is 5.13. The summed E-state index contributed by atoms with van der Waals surface area (Å²) in [6.45, 7) is 2.48. The Hall–Kier alpha value is -1.69. The lowest BCUT2D eigenvalue weighted by Gasteiger charge is -2.29. The molecule has 1 amide bonds.